The van der Waals surface area contributed by atoms with Crippen LogP contribution in [0.1, 0.15) is 457 Å². The van der Waals surface area contributed by atoms with Crippen LogP contribution in [-0.4, -0.2) is 47.4 Å². The molecule has 0 saturated heterocycles. The van der Waals surface area contributed by atoms with Gasteiger partial charge in [-0.1, -0.05) is 411 Å². The number of nitrogens with one attached hydrogen (secondary N) is 1. The quantitative estimate of drug-likeness (QED) is 0.0320. The zero-order valence-corrected chi connectivity index (χ0v) is 59.3. The van der Waals surface area contributed by atoms with Gasteiger partial charge < -0.3 is 20.3 Å². The normalized spacial score (nSPS) is 12.6. The first-order chi connectivity index (χ1) is 43.0. The molecule has 0 aliphatic heterocycles. The Balaban J connectivity index is 3.33. The fraction of sp³-hybridized carbons (Fsp3) is 0.926. The minimum atomic E-state index is -0.842. The van der Waals surface area contributed by atoms with Crippen molar-refractivity contribution in [2.45, 2.75) is 469 Å². The molecule has 0 aromatic heterocycles. The van der Waals surface area contributed by atoms with E-state index in [9.17, 15) is 19.8 Å². The molecule has 2 atom stereocenters. The smallest absolute Gasteiger partial charge is 0.305 e. The zero-order valence-electron chi connectivity index (χ0n) is 59.3. The van der Waals surface area contributed by atoms with Crippen LogP contribution in [0, 0.1) is 0 Å². The molecule has 6 heteroatoms. The number of aliphatic hydroxyl groups excluding tert-OH is 2. The number of carbonyl (C=O) groups is 2. The number of esters is 1. The largest absolute Gasteiger partial charge is 0.466 e. The monoisotopic (exact) mass is 1220 g/mol. The average Bonchev–Trinajstić information content (AvgIpc) is 3.52. The third-order valence-corrected chi connectivity index (χ3v) is 19.0. The summed E-state index contributed by atoms with van der Waals surface area (Å²) in [4.78, 5) is 24.6. The van der Waals surface area contributed by atoms with Crippen LogP contribution in [0.25, 0.3) is 0 Å². The minimum absolute atomic E-state index is 0.0258. The highest BCUT2D eigenvalue weighted by molar-refractivity contribution is 5.76. The van der Waals surface area contributed by atoms with Gasteiger partial charge in [-0.15, -0.1) is 0 Å². The summed E-state index contributed by atoms with van der Waals surface area (Å²) < 4.78 is 5.52. The maximum Gasteiger partial charge on any atom is 0.305 e. The molecule has 0 bridgehead atoms. The molecule has 0 radical (unpaired) electrons. The van der Waals surface area contributed by atoms with Crippen LogP contribution in [0.3, 0.4) is 0 Å². The van der Waals surface area contributed by atoms with E-state index in [1.807, 2.05) is 6.08 Å². The third kappa shape index (κ3) is 73.3. The lowest BCUT2D eigenvalue weighted by Crippen LogP contribution is -2.45. The Labute approximate surface area is 545 Å². The van der Waals surface area contributed by atoms with Crippen LogP contribution < -0.4 is 5.32 Å². The van der Waals surface area contributed by atoms with Crippen LogP contribution in [-0.2, 0) is 14.3 Å². The Morgan fingerprint density at radius 2 is 0.540 bits per heavy atom. The summed E-state index contributed by atoms with van der Waals surface area (Å²) in [6.07, 6.45) is 98.8. The van der Waals surface area contributed by atoms with Gasteiger partial charge in [-0.05, 0) is 57.8 Å². The van der Waals surface area contributed by atoms with Crippen molar-refractivity contribution in [2.24, 2.45) is 0 Å². The topological polar surface area (TPSA) is 95.9 Å². The number of amides is 1. The molecule has 0 aromatic rings. The molecule has 0 aliphatic rings. The molecule has 3 N–H and O–H groups in total. The van der Waals surface area contributed by atoms with Crippen molar-refractivity contribution in [3.63, 3.8) is 0 Å². The molecular weight excluding hydrogens is 1070 g/mol. The van der Waals surface area contributed by atoms with Crippen LogP contribution >= 0.6 is 0 Å². The number of hydrogen-bond donors (Lipinski definition) is 3. The number of allylic oxidation sites excluding steroid dienone is 3. The molecule has 0 spiro atoms. The standard InChI is InChI=1S/C81H157NO5/c1-3-5-7-9-11-13-15-17-19-21-39-43-47-51-55-59-63-67-71-75-81(86)87-76-72-68-64-60-56-52-48-44-41-38-36-34-32-30-28-26-24-22-23-25-27-29-31-33-35-37-40-42-46-50-54-58-62-66-70-74-80(85)82-78(77-83)79(84)73-69-65-61-57-53-49-45-20-18-16-14-12-10-8-6-4-2/h24,26,69,73,78-79,83-84H,3-23,25,27-68,70-72,74-77H2,1-2H3,(H,82,85)/b26-24-,73-69+. The Morgan fingerprint density at radius 3 is 0.816 bits per heavy atom. The average molecular weight is 1230 g/mol. The van der Waals surface area contributed by atoms with Crippen molar-refractivity contribution in [3.05, 3.63) is 24.3 Å². The summed E-state index contributed by atoms with van der Waals surface area (Å²) >= 11 is 0. The van der Waals surface area contributed by atoms with Gasteiger partial charge in [0.15, 0.2) is 0 Å². The Morgan fingerprint density at radius 1 is 0.310 bits per heavy atom. The molecule has 0 aliphatic carbocycles. The molecule has 1 amide bonds. The Kier molecular flexibility index (Phi) is 75.3. The zero-order chi connectivity index (χ0) is 62.8. The highest BCUT2D eigenvalue weighted by Gasteiger charge is 2.18. The molecular formula is C81H157NO5. The predicted octanol–water partition coefficient (Wildman–Crippen LogP) is 26.4. The second-order valence-corrected chi connectivity index (χ2v) is 27.8. The molecule has 87 heavy (non-hydrogen) atoms. The summed E-state index contributed by atoms with van der Waals surface area (Å²) in [7, 11) is 0. The van der Waals surface area contributed by atoms with Gasteiger partial charge in [0.25, 0.3) is 0 Å². The first-order valence-electron chi connectivity index (χ1n) is 40.1. The highest BCUT2D eigenvalue weighted by Crippen LogP contribution is 2.20. The van der Waals surface area contributed by atoms with Crippen molar-refractivity contribution >= 4 is 11.9 Å². The number of unbranched alkanes of at least 4 members (excludes halogenated alkanes) is 63. The molecule has 2 unspecified atom stereocenters. The summed E-state index contributed by atoms with van der Waals surface area (Å²) in [6, 6.07) is -0.625. The van der Waals surface area contributed by atoms with Gasteiger partial charge in [-0.3, -0.25) is 9.59 Å². The van der Waals surface area contributed by atoms with Gasteiger partial charge >= 0.3 is 5.97 Å². The Hall–Kier alpha value is -1.66. The van der Waals surface area contributed by atoms with E-state index in [1.165, 1.54) is 392 Å². The minimum Gasteiger partial charge on any atom is -0.466 e. The third-order valence-electron chi connectivity index (χ3n) is 19.0. The summed E-state index contributed by atoms with van der Waals surface area (Å²) in [5, 5.41) is 23.2. The molecule has 516 valence electrons. The number of hydrogen-bond acceptors (Lipinski definition) is 5. The van der Waals surface area contributed by atoms with Crippen LogP contribution in [0.4, 0.5) is 0 Å². The summed E-state index contributed by atoms with van der Waals surface area (Å²) in [5.41, 5.74) is 0. The van der Waals surface area contributed by atoms with E-state index in [1.54, 1.807) is 6.08 Å². The highest BCUT2D eigenvalue weighted by atomic mass is 16.5. The van der Waals surface area contributed by atoms with E-state index in [0.29, 0.717) is 19.4 Å². The van der Waals surface area contributed by atoms with E-state index in [-0.39, 0.29) is 18.5 Å². The van der Waals surface area contributed by atoms with Crippen LogP contribution in [0.5, 0.6) is 0 Å². The lowest BCUT2D eigenvalue weighted by Gasteiger charge is -2.20. The van der Waals surface area contributed by atoms with Crippen molar-refractivity contribution in [1.82, 2.24) is 5.32 Å². The maximum absolute atomic E-state index is 12.5. The number of aliphatic hydroxyl groups is 2. The Bertz CT molecular complexity index is 1360. The molecule has 0 heterocycles. The molecule has 6 nitrogen and oxygen atoms in total. The maximum atomic E-state index is 12.5. The van der Waals surface area contributed by atoms with Crippen LogP contribution in [0.15, 0.2) is 24.3 Å². The second kappa shape index (κ2) is 76.8. The summed E-state index contributed by atoms with van der Waals surface area (Å²) in [6.45, 7) is 4.96. The number of carbonyl (C=O) groups excluding carboxylic acids is 2. The van der Waals surface area contributed by atoms with E-state index in [2.05, 4.69) is 31.3 Å². The molecule has 0 fully saturated rings. The van der Waals surface area contributed by atoms with Gasteiger partial charge in [-0.25, -0.2) is 0 Å². The van der Waals surface area contributed by atoms with Gasteiger partial charge in [-0.2, -0.15) is 0 Å². The first kappa shape index (κ1) is 85.3. The van der Waals surface area contributed by atoms with Crippen molar-refractivity contribution in [1.29, 1.82) is 0 Å². The van der Waals surface area contributed by atoms with E-state index < -0.39 is 12.1 Å². The second-order valence-electron chi connectivity index (χ2n) is 27.8. The van der Waals surface area contributed by atoms with Crippen molar-refractivity contribution in [2.75, 3.05) is 13.2 Å². The fourth-order valence-electron chi connectivity index (χ4n) is 12.9. The SMILES string of the molecule is CCCCCCCCCCCCCCCC/C=C/C(O)C(CO)NC(=O)CCCCCCCCCCCCCCCCCCC/C=C\CCCCCCCCCCCCCCCCOC(=O)CCCCCCCCCCCCCCCCCCCCC. The predicted molar refractivity (Wildman–Crippen MR) is 384 cm³/mol. The van der Waals surface area contributed by atoms with Gasteiger partial charge in [0.2, 0.25) is 5.91 Å². The molecule has 0 saturated carbocycles. The van der Waals surface area contributed by atoms with E-state index >= 15 is 0 Å². The lowest BCUT2D eigenvalue weighted by atomic mass is 10.0. The fourth-order valence-corrected chi connectivity index (χ4v) is 12.9. The molecule has 0 aromatic carbocycles. The summed E-state index contributed by atoms with van der Waals surface area (Å²) in [5.74, 6) is -0.0351. The van der Waals surface area contributed by atoms with E-state index in [4.69, 9.17) is 4.74 Å². The van der Waals surface area contributed by atoms with E-state index in [0.717, 1.165) is 38.5 Å². The van der Waals surface area contributed by atoms with Gasteiger partial charge in [0.1, 0.15) is 0 Å². The first-order valence-corrected chi connectivity index (χ1v) is 40.1. The molecule has 0 rings (SSSR count). The number of ether oxygens (including phenoxy) is 1. The van der Waals surface area contributed by atoms with Crippen LogP contribution in [0.2, 0.25) is 0 Å². The number of rotatable bonds is 76. The lowest BCUT2D eigenvalue weighted by molar-refractivity contribution is -0.143. The van der Waals surface area contributed by atoms with Crippen molar-refractivity contribution < 1.29 is 24.5 Å². The van der Waals surface area contributed by atoms with Gasteiger partial charge in [0, 0.05) is 12.8 Å². The van der Waals surface area contributed by atoms with Crippen molar-refractivity contribution in [3.8, 4) is 0 Å². The van der Waals surface area contributed by atoms with Gasteiger partial charge in [0.05, 0.1) is 25.4 Å².